The van der Waals surface area contributed by atoms with E-state index in [9.17, 15) is 0 Å². The summed E-state index contributed by atoms with van der Waals surface area (Å²) in [6, 6.07) is 8.89. The highest BCUT2D eigenvalue weighted by Gasteiger charge is 1.97. The SMILES string of the molecule is C/C=C\C(=C/CCC)c1ccc(CC)cc1.CC. The second-order valence-corrected chi connectivity index (χ2v) is 4.00. The van der Waals surface area contributed by atoms with E-state index in [1.165, 1.54) is 23.1 Å². The first-order chi connectivity index (χ1) is 8.81. The molecule has 0 N–H and O–H groups in total. The zero-order valence-corrected chi connectivity index (χ0v) is 12.7. The van der Waals surface area contributed by atoms with Crippen LogP contribution < -0.4 is 0 Å². The van der Waals surface area contributed by atoms with Crippen molar-refractivity contribution in [2.75, 3.05) is 0 Å². The van der Waals surface area contributed by atoms with Crippen molar-refractivity contribution in [3.63, 3.8) is 0 Å². The highest BCUT2D eigenvalue weighted by atomic mass is 14.0. The molecule has 1 aromatic carbocycles. The maximum Gasteiger partial charge on any atom is -0.0187 e. The van der Waals surface area contributed by atoms with Crippen molar-refractivity contribution in [1.29, 1.82) is 0 Å². The predicted octanol–water partition coefficient (Wildman–Crippen LogP) is 6.03. The molecule has 0 unspecified atom stereocenters. The lowest BCUT2D eigenvalue weighted by Gasteiger charge is -2.04. The Morgan fingerprint density at radius 2 is 1.67 bits per heavy atom. The third kappa shape index (κ3) is 5.86. The molecule has 0 spiro atoms. The third-order valence-corrected chi connectivity index (χ3v) is 2.69. The molecule has 0 fully saturated rings. The third-order valence-electron chi connectivity index (χ3n) is 2.69. The lowest BCUT2D eigenvalue weighted by Crippen LogP contribution is -1.84. The summed E-state index contributed by atoms with van der Waals surface area (Å²) in [6.45, 7) is 10.5. The van der Waals surface area contributed by atoms with E-state index in [1.54, 1.807) is 0 Å². The van der Waals surface area contributed by atoms with E-state index in [-0.39, 0.29) is 0 Å². The van der Waals surface area contributed by atoms with Crippen molar-refractivity contribution < 1.29 is 0 Å². The van der Waals surface area contributed by atoms with Gasteiger partial charge in [-0.25, -0.2) is 0 Å². The van der Waals surface area contributed by atoms with Gasteiger partial charge in [0.15, 0.2) is 0 Å². The van der Waals surface area contributed by atoms with Gasteiger partial charge in [0, 0.05) is 0 Å². The van der Waals surface area contributed by atoms with Gasteiger partial charge in [-0.2, -0.15) is 0 Å². The summed E-state index contributed by atoms with van der Waals surface area (Å²) < 4.78 is 0. The van der Waals surface area contributed by atoms with Gasteiger partial charge in [0.25, 0.3) is 0 Å². The molecule has 0 bridgehead atoms. The van der Waals surface area contributed by atoms with E-state index >= 15 is 0 Å². The van der Waals surface area contributed by atoms with Crippen LogP contribution in [-0.4, -0.2) is 0 Å². The van der Waals surface area contributed by atoms with Crippen LogP contribution in [-0.2, 0) is 6.42 Å². The first-order valence-corrected chi connectivity index (χ1v) is 7.24. The van der Waals surface area contributed by atoms with Gasteiger partial charge in [0.2, 0.25) is 0 Å². The Bertz CT molecular complexity index is 352. The summed E-state index contributed by atoms with van der Waals surface area (Å²) >= 11 is 0. The van der Waals surface area contributed by atoms with Crippen molar-refractivity contribution in [2.24, 2.45) is 0 Å². The van der Waals surface area contributed by atoms with E-state index in [2.05, 4.69) is 63.3 Å². The van der Waals surface area contributed by atoms with Crippen LogP contribution in [0.4, 0.5) is 0 Å². The molecule has 0 heteroatoms. The summed E-state index contributed by atoms with van der Waals surface area (Å²) in [7, 11) is 0. The Hall–Kier alpha value is -1.30. The van der Waals surface area contributed by atoms with Crippen LogP contribution >= 0.6 is 0 Å². The average Bonchev–Trinajstić information content (AvgIpc) is 2.46. The largest absolute Gasteiger partial charge is 0.0871 e. The molecule has 100 valence electrons. The minimum absolute atomic E-state index is 1.11. The van der Waals surface area contributed by atoms with Crippen LogP contribution in [0.25, 0.3) is 5.57 Å². The standard InChI is InChI=1S/C16H22.C2H6/c1-4-7-9-15(8-5-2)16-12-10-14(6-3)11-13-16;1-2/h5,8-13H,4,6-7H2,1-3H3;1-2H3/b8-5-,15-9+;. The monoisotopic (exact) mass is 244 g/mol. The number of hydrogen-bond donors (Lipinski definition) is 0. The van der Waals surface area contributed by atoms with E-state index < -0.39 is 0 Å². The van der Waals surface area contributed by atoms with Gasteiger partial charge in [-0.05, 0) is 36.5 Å². The van der Waals surface area contributed by atoms with E-state index in [0.29, 0.717) is 0 Å². The van der Waals surface area contributed by atoms with Gasteiger partial charge < -0.3 is 0 Å². The van der Waals surface area contributed by atoms with Crippen LogP contribution in [0, 0.1) is 0 Å². The molecule has 0 aromatic heterocycles. The summed E-state index contributed by atoms with van der Waals surface area (Å²) in [4.78, 5) is 0. The number of unbranched alkanes of at least 4 members (excludes halogenated alkanes) is 1. The smallest absolute Gasteiger partial charge is 0.0187 e. The maximum atomic E-state index is 2.32. The molecule has 0 aliphatic carbocycles. The Labute approximate surface area is 113 Å². The molecular weight excluding hydrogens is 216 g/mol. The summed E-state index contributed by atoms with van der Waals surface area (Å²) in [6.07, 6.45) is 10.1. The van der Waals surface area contributed by atoms with Gasteiger partial charge >= 0.3 is 0 Å². The molecule has 0 aliphatic heterocycles. The van der Waals surface area contributed by atoms with Gasteiger partial charge in [0.1, 0.15) is 0 Å². The molecule has 0 aliphatic rings. The van der Waals surface area contributed by atoms with Gasteiger partial charge in [0.05, 0.1) is 0 Å². The first-order valence-electron chi connectivity index (χ1n) is 7.24. The lowest BCUT2D eigenvalue weighted by atomic mass is 10.0. The highest BCUT2D eigenvalue weighted by Crippen LogP contribution is 2.18. The fourth-order valence-corrected chi connectivity index (χ4v) is 1.69. The molecule has 0 saturated heterocycles. The number of allylic oxidation sites excluding steroid dienone is 4. The molecule has 0 saturated carbocycles. The minimum Gasteiger partial charge on any atom is -0.0871 e. The predicted molar refractivity (Wildman–Crippen MR) is 84.9 cm³/mol. The van der Waals surface area contributed by atoms with Crippen molar-refractivity contribution >= 4 is 5.57 Å². The summed E-state index contributed by atoms with van der Waals surface area (Å²) in [5.74, 6) is 0. The topological polar surface area (TPSA) is 0 Å². The fourth-order valence-electron chi connectivity index (χ4n) is 1.69. The number of hydrogen-bond acceptors (Lipinski definition) is 0. The number of rotatable bonds is 5. The van der Waals surface area contributed by atoms with Crippen LogP contribution in [0.3, 0.4) is 0 Å². The summed E-state index contributed by atoms with van der Waals surface area (Å²) in [5.41, 5.74) is 4.06. The lowest BCUT2D eigenvalue weighted by molar-refractivity contribution is 0.960. The number of aryl methyl sites for hydroxylation is 1. The normalized spacial score (nSPS) is 11.3. The molecular formula is C18H28. The molecule has 0 amide bonds. The zero-order chi connectivity index (χ0) is 13.8. The van der Waals surface area contributed by atoms with E-state index in [4.69, 9.17) is 0 Å². The highest BCUT2D eigenvalue weighted by molar-refractivity contribution is 5.73. The first kappa shape index (κ1) is 16.7. The van der Waals surface area contributed by atoms with Crippen LogP contribution in [0.15, 0.2) is 42.5 Å². The quantitative estimate of drug-likeness (QED) is 0.554. The number of benzene rings is 1. The average molecular weight is 244 g/mol. The molecule has 0 heterocycles. The Morgan fingerprint density at radius 3 is 2.11 bits per heavy atom. The van der Waals surface area contributed by atoms with Gasteiger partial charge in [-0.1, -0.05) is 76.6 Å². The van der Waals surface area contributed by atoms with Crippen molar-refractivity contribution in [2.45, 2.75) is 53.9 Å². The molecule has 1 aromatic rings. The fraction of sp³-hybridized carbons (Fsp3) is 0.444. The van der Waals surface area contributed by atoms with Crippen LogP contribution in [0.1, 0.15) is 58.6 Å². The van der Waals surface area contributed by atoms with E-state index in [0.717, 1.165) is 12.8 Å². The second kappa shape index (κ2) is 10.8. The van der Waals surface area contributed by atoms with Gasteiger partial charge in [-0.3, -0.25) is 0 Å². The Kier molecular flexibility index (Phi) is 10.0. The maximum absolute atomic E-state index is 2.32. The molecule has 0 atom stereocenters. The molecule has 18 heavy (non-hydrogen) atoms. The van der Waals surface area contributed by atoms with E-state index in [1.807, 2.05) is 13.8 Å². The summed E-state index contributed by atoms with van der Waals surface area (Å²) in [5, 5.41) is 0. The van der Waals surface area contributed by atoms with Crippen molar-refractivity contribution in [3.05, 3.63) is 53.6 Å². The Morgan fingerprint density at radius 1 is 1.06 bits per heavy atom. The molecule has 0 radical (unpaired) electrons. The molecule has 0 nitrogen and oxygen atoms in total. The van der Waals surface area contributed by atoms with Crippen LogP contribution in [0.5, 0.6) is 0 Å². The van der Waals surface area contributed by atoms with Gasteiger partial charge in [-0.15, -0.1) is 0 Å². The van der Waals surface area contributed by atoms with Crippen molar-refractivity contribution in [3.8, 4) is 0 Å². The second-order valence-electron chi connectivity index (χ2n) is 4.00. The Balaban J connectivity index is 0.00000137. The zero-order valence-electron chi connectivity index (χ0n) is 12.7. The van der Waals surface area contributed by atoms with Crippen LogP contribution in [0.2, 0.25) is 0 Å². The molecule has 1 rings (SSSR count). The van der Waals surface area contributed by atoms with Crippen molar-refractivity contribution in [1.82, 2.24) is 0 Å². The minimum atomic E-state index is 1.11.